The first-order valence-corrected chi connectivity index (χ1v) is 9.22. The number of rotatable bonds is 5. The lowest BCUT2D eigenvalue weighted by Crippen LogP contribution is -2.29. The number of hydrogen-bond acceptors (Lipinski definition) is 3. The zero-order chi connectivity index (χ0) is 16.3. The highest BCUT2D eigenvalue weighted by Gasteiger charge is 2.29. The molecular weight excluding hydrogens is 324 g/mol. The molecule has 1 aliphatic heterocycles. The van der Waals surface area contributed by atoms with Crippen LogP contribution in [-0.2, 0) is 10.0 Å². The van der Waals surface area contributed by atoms with E-state index in [1.165, 1.54) is 16.4 Å². The van der Waals surface area contributed by atoms with E-state index in [-0.39, 0.29) is 15.8 Å². The minimum Gasteiger partial charge on any atom is -0.352 e. The molecule has 0 spiro atoms. The number of carbonyl (C=O) groups is 1. The molecule has 1 N–H and O–H groups in total. The van der Waals surface area contributed by atoms with Gasteiger partial charge in [-0.3, -0.25) is 4.79 Å². The second-order valence-corrected chi connectivity index (χ2v) is 8.17. The molecule has 0 aromatic heterocycles. The molecule has 0 unspecified atom stereocenters. The lowest BCUT2D eigenvalue weighted by Gasteiger charge is -2.17. The summed E-state index contributed by atoms with van der Waals surface area (Å²) in [4.78, 5) is 12.1. The molecule has 1 aliphatic rings. The van der Waals surface area contributed by atoms with Gasteiger partial charge in [-0.15, -0.1) is 0 Å². The second-order valence-electron chi connectivity index (χ2n) is 5.86. The number of nitrogens with zero attached hydrogens (tertiary/aromatic N) is 1. The fourth-order valence-corrected chi connectivity index (χ4v) is 4.33. The fourth-order valence-electron chi connectivity index (χ4n) is 2.31. The van der Waals surface area contributed by atoms with E-state index < -0.39 is 10.0 Å². The van der Waals surface area contributed by atoms with Crippen LogP contribution in [0.25, 0.3) is 0 Å². The molecule has 1 aromatic rings. The Labute approximate surface area is 136 Å². The Hall–Kier alpha value is -1.11. The van der Waals surface area contributed by atoms with E-state index in [2.05, 4.69) is 5.32 Å². The summed E-state index contributed by atoms with van der Waals surface area (Å²) in [6.07, 6.45) is 1.71. The van der Waals surface area contributed by atoms with Crippen LogP contribution >= 0.6 is 11.6 Å². The highest BCUT2D eigenvalue weighted by Crippen LogP contribution is 2.28. The molecule has 0 bridgehead atoms. The Morgan fingerprint density at radius 1 is 1.32 bits per heavy atom. The summed E-state index contributed by atoms with van der Waals surface area (Å²) in [5.41, 5.74) is 0.308. The van der Waals surface area contributed by atoms with E-state index in [0.29, 0.717) is 31.1 Å². The topological polar surface area (TPSA) is 66.5 Å². The van der Waals surface area contributed by atoms with Gasteiger partial charge in [0.2, 0.25) is 10.0 Å². The van der Waals surface area contributed by atoms with Gasteiger partial charge in [-0.25, -0.2) is 8.42 Å². The predicted octanol–water partition coefficient (Wildman–Crippen LogP) is 2.51. The third-order valence-electron chi connectivity index (χ3n) is 3.55. The zero-order valence-corrected chi connectivity index (χ0v) is 14.4. The van der Waals surface area contributed by atoms with Crippen molar-refractivity contribution in [1.82, 2.24) is 9.62 Å². The van der Waals surface area contributed by atoms with Crippen LogP contribution in [0.5, 0.6) is 0 Å². The summed E-state index contributed by atoms with van der Waals surface area (Å²) in [7, 11) is -3.64. The number of hydrogen-bond donors (Lipinski definition) is 1. The van der Waals surface area contributed by atoms with Crippen LogP contribution in [-0.4, -0.2) is 38.3 Å². The van der Waals surface area contributed by atoms with Crippen molar-refractivity contribution in [2.75, 3.05) is 19.6 Å². The molecule has 1 saturated heterocycles. The molecule has 1 fully saturated rings. The SMILES string of the molecule is CC(C)CNC(=O)c1ccc(Cl)c(S(=O)(=O)N2CCCC2)c1. The van der Waals surface area contributed by atoms with Gasteiger partial charge in [0.25, 0.3) is 5.91 Å². The summed E-state index contributed by atoms with van der Waals surface area (Å²) in [5.74, 6) is 0.0345. The van der Waals surface area contributed by atoms with Gasteiger partial charge in [-0.2, -0.15) is 4.31 Å². The van der Waals surface area contributed by atoms with Crippen LogP contribution in [0, 0.1) is 5.92 Å². The number of nitrogens with one attached hydrogen (secondary N) is 1. The van der Waals surface area contributed by atoms with Gasteiger partial charge >= 0.3 is 0 Å². The van der Waals surface area contributed by atoms with E-state index in [1.807, 2.05) is 13.8 Å². The molecule has 5 nitrogen and oxygen atoms in total. The van der Waals surface area contributed by atoms with Gasteiger partial charge in [0.1, 0.15) is 4.90 Å². The van der Waals surface area contributed by atoms with E-state index in [4.69, 9.17) is 11.6 Å². The number of carbonyl (C=O) groups excluding carboxylic acids is 1. The van der Waals surface area contributed by atoms with Crippen molar-refractivity contribution in [2.24, 2.45) is 5.92 Å². The Morgan fingerprint density at radius 3 is 2.55 bits per heavy atom. The quantitative estimate of drug-likeness (QED) is 0.892. The van der Waals surface area contributed by atoms with E-state index in [9.17, 15) is 13.2 Å². The molecule has 0 atom stereocenters. The monoisotopic (exact) mass is 344 g/mol. The summed E-state index contributed by atoms with van der Waals surface area (Å²) in [6.45, 7) is 5.53. The van der Waals surface area contributed by atoms with Gasteiger partial charge in [0.05, 0.1) is 5.02 Å². The maximum atomic E-state index is 12.6. The van der Waals surface area contributed by atoms with E-state index in [0.717, 1.165) is 12.8 Å². The third-order valence-corrected chi connectivity index (χ3v) is 5.93. The van der Waals surface area contributed by atoms with Gasteiger partial charge in [-0.05, 0) is 37.0 Å². The lowest BCUT2D eigenvalue weighted by molar-refractivity contribution is 0.0949. The largest absolute Gasteiger partial charge is 0.352 e. The maximum absolute atomic E-state index is 12.6. The third kappa shape index (κ3) is 3.80. The molecular formula is C15H21ClN2O3S. The molecule has 1 heterocycles. The minimum absolute atomic E-state index is 0.00765. The molecule has 2 rings (SSSR count). The highest BCUT2D eigenvalue weighted by molar-refractivity contribution is 7.89. The molecule has 0 saturated carbocycles. The smallest absolute Gasteiger partial charge is 0.251 e. The van der Waals surface area contributed by atoms with Gasteiger partial charge < -0.3 is 5.32 Å². The number of benzene rings is 1. The van der Waals surface area contributed by atoms with Crippen LogP contribution in [0.3, 0.4) is 0 Å². The van der Waals surface area contributed by atoms with Crippen LogP contribution < -0.4 is 5.32 Å². The standard InChI is InChI=1S/C15H21ClN2O3S/c1-11(2)10-17-15(19)12-5-6-13(16)14(9-12)22(20,21)18-7-3-4-8-18/h5-6,9,11H,3-4,7-8,10H2,1-2H3,(H,17,19). The van der Waals surface area contributed by atoms with E-state index in [1.54, 1.807) is 6.07 Å². The van der Waals surface area contributed by atoms with Crippen LogP contribution in [0.2, 0.25) is 5.02 Å². The van der Waals surface area contributed by atoms with Crippen molar-refractivity contribution in [2.45, 2.75) is 31.6 Å². The second kappa shape index (κ2) is 6.98. The number of amides is 1. The van der Waals surface area contributed by atoms with Crippen LogP contribution in [0.4, 0.5) is 0 Å². The minimum atomic E-state index is -3.64. The summed E-state index contributed by atoms with van der Waals surface area (Å²) < 4.78 is 26.6. The Kier molecular flexibility index (Phi) is 5.47. The molecule has 122 valence electrons. The summed E-state index contributed by atoms with van der Waals surface area (Å²) in [6, 6.07) is 4.38. The number of sulfonamides is 1. The van der Waals surface area contributed by atoms with Crippen molar-refractivity contribution < 1.29 is 13.2 Å². The van der Waals surface area contributed by atoms with Crippen LogP contribution in [0.15, 0.2) is 23.1 Å². The van der Waals surface area contributed by atoms with Crippen molar-refractivity contribution in [3.63, 3.8) is 0 Å². The van der Waals surface area contributed by atoms with Gasteiger partial charge in [0.15, 0.2) is 0 Å². The lowest BCUT2D eigenvalue weighted by atomic mass is 10.2. The highest BCUT2D eigenvalue weighted by atomic mass is 35.5. The Morgan fingerprint density at radius 2 is 1.95 bits per heavy atom. The molecule has 1 amide bonds. The number of halogens is 1. The van der Waals surface area contributed by atoms with Gasteiger partial charge in [0, 0.05) is 25.2 Å². The summed E-state index contributed by atoms with van der Waals surface area (Å²) >= 11 is 6.05. The molecule has 22 heavy (non-hydrogen) atoms. The van der Waals surface area contributed by atoms with E-state index >= 15 is 0 Å². The molecule has 1 aromatic carbocycles. The molecule has 7 heteroatoms. The average Bonchev–Trinajstić information content (AvgIpc) is 3.00. The van der Waals surface area contributed by atoms with Crippen molar-refractivity contribution >= 4 is 27.5 Å². The Balaban J connectivity index is 2.29. The first-order chi connectivity index (χ1) is 10.3. The maximum Gasteiger partial charge on any atom is 0.251 e. The van der Waals surface area contributed by atoms with Gasteiger partial charge in [-0.1, -0.05) is 25.4 Å². The van der Waals surface area contributed by atoms with Crippen molar-refractivity contribution in [3.05, 3.63) is 28.8 Å². The first-order valence-electron chi connectivity index (χ1n) is 7.40. The Bertz CT molecular complexity index is 653. The normalized spacial score (nSPS) is 16.2. The molecule has 0 radical (unpaired) electrons. The van der Waals surface area contributed by atoms with Crippen molar-refractivity contribution in [1.29, 1.82) is 0 Å². The average molecular weight is 345 g/mol. The fraction of sp³-hybridized carbons (Fsp3) is 0.533. The summed E-state index contributed by atoms with van der Waals surface area (Å²) in [5, 5.41) is 2.92. The first kappa shape index (κ1) is 17.2. The molecule has 0 aliphatic carbocycles. The zero-order valence-electron chi connectivity index (χ0n) is 12.8. The predicted molar refractivity (Wildman–Crippen MR) is 86.6 cm³/mol. The van der Waals surface area contributed by atoms with Crippen LogP contribution in [0.1, 0.15) is 37.0 Å². The van der Waals surface area contributed by atoms with Crippen molar-refractivity contribution in [3.8, 4) is 0 Å².